The maximum absolute atomic E-state index is 13.2. The van der Waals surface area contributed by atoms with Crippen LogP contribution in [0.5, 0.6) is 11.5 Å². The molecule has 0 bridgehead atoms. The highest BCUT2D eigenvalue weighted by Crippen LogP contribution is 2.35. The summed E-state index contributed by atoms with van der Waals surface area (Å²) in [6, 6.07) is 3.19. The first-order valence-electron chi connectivity index (χ1n) is 8.49. The zero-order chi connectivity index (χ0) is 19.1. The van der Waals surface area contributed by atoms with Gasteiger partial charge in [-0.3, -0.25) is 0 Å². The number of methoxy groups -OCH3 is 2. The number of nitrogens with zero attached hydrogens (tertiary/aromatic N) is 2. The van der Waals surface area contributed by atoms with Gasteiger partial charge in [-0.05, 0) is 18.6 Å². The number of rotatable bonds is 5. The van der Waals surface area contributed by atoms with Crippen molar-refractivity contribution in [2.24, 2.45) is 0 Å². The molecule has 7 nitrogen and oxygen atoms in total. The summed E-state index contributed by atoms with van der Waals surface area (Å²) in [5.41, 5.74) is 1.49. The van der Waals surface area contributed by atoms with Crippen LogP contribution in [0.25, 0.3) is 0 Å². The van der Waals surface area contributed by atoms with E-state index >= 15 is 0 Å². The monoisotopic (exact) mass is 380 g/mol. The Hall–Kier alpha value is -2.06. The molecule has 0 fully saturated rings. The lowest BCUT2D eigenvalue weighted by atomic mass is 10.2. The predicted molar refractivity (Wildman–Crippen MR) is 96.2 cm³/mol. The Morgan fingerprint density at radius 3 is 2.50 bits per heavy atom. The standard InChI is InChI=1S/C18H24N2O5S/c1-11(2)18-19-13-10-20(7-6-14(13)25-18)26(21,22)17-9-15(23-4)12(3)8-16(17)24-5/h8-9,11H,6-7,10H2,1-5H3. The highest BCUT2D eigenvalue weighted by atomic mass is 32.2. The number of hydrogen-bond donors (Lipinski definition) is 0. The molecule has 2 aromatic rings. The van der Waals surface area contributed by atoms with Crippen molar-refractivity contribution in [3.63, 3.8) is 0 Å². The zero-order valence-corrected chi connectivity index (χ0v) is 16.5. The summed E-state index contributed by atoms with van der Waals surface area (Å²) >= 11 is 0. The fourth-order valence-corrected chi connectivity index (χ4v) is 4.56. The maximum Gasteiger partial charge on any atom is 0.247 e. The molecule has 0 unspecified atom stereocenters. The molecule has 2 heterocycles. The Balaban J connectivity index is 1.98. The van der Waals surface area contributed by atoms with Gasteiger partial charge in [0, 0.05) is 24.9 Å². The highest BCUT2D eigenvalue weighted by molar-refractivity contribution is 7.89. The van der Waals surface area contributed by atoms with Gasteiger partial charge < -0.3 is 13.9 Å². The van der Waals surface area contributed by atoms with E-state index in [9.17, 15) is 8.42 Å². The number of ether oxygens (including phenoxy) is 2. The zero-order valence-electron chi connectivity index (χ0n) is 15.7. The predicted octanol–water partition coefficient (Wildman–Crippen LogP) is 2.87. The van der Waals surface area contributed by atoms with Crippen molar-refractivity contribution >= 4 is 10.0 Å². The second kappa shape index (κ2) is 6.92. The minimum atomic E-state index is -3.76. The molecule has 0 aliphatic carbocycles. The van der Waals surface area contributed by atoms with Crippen molar-refractivity contribution in [1.82, 2.24) is 9.29 Å². The van der Waals surface area contributed by atoms with Gasteiger partial charge >= 0.3 is 0 Å². The van der Waals surface area contributed by atoms with E-state index in [0.29, 0.717) is 36.0 Å². The van der Waals surface area contributed by atoms with Gasteiger partial charge in [0.15, 0.2) is 5.89 Å². The molecule has 1 aliphatic heterocycles. The average molecular weight is 380 g/mol. The fourth-order valence-electron chi connectivity index (χ4n) is 3.01. The molecule has 0 spiro atoms. The van der Waals surface area contributed by atoms with Crippen LogP contribution in [0.15, 0.2) is 21.4 Å². The fraction of sp³-hybridized carbons (Fsp3) is 0.500. The number of aryl methyl sites for hydroxylation is 1. The minimum absolute atomic E-state index is 0.0958. The topological polar surface area (TPSA) is 81.9 Å². The molecule has 0 N–H and O–H groups in total. The van der Waals surface area contributed by atoms with Crippen LogP contribution >= 0.6 is 0 Å². The number of aromatic nitrogens is 1. The van der Waals surface area contributed by atoms with Crippen LogP contribution in [0.3, 0.4) is 0 Å². The lowest BCUT2D eigenvalue weighted by Gasteiger charge is -2.25. The molecule has 0 saturated heterocycles. The number of hydrogen-bond acceptors (Lipinski definition) is 6. The van der Waals surface area contributed by atoms with Crippen LogP contribution in [0, 0.1) is 6.92 Å². The minimum Gasteiger partial charge on any atom is -0.496 e. The molecule has 1 aromatic heterocycles. The van der Waals surface area contributed by atoms with Gasteiger partial charge in [-0.2, -0.15) is 4.31 Å². The Morgan fingerprint density at radius 1 is 1.19 bits per heavy atom. The second-order valence-corrected chi connectivity index (χ2v) is 8.54. The van der Waals surface area contributed by atoms with Crippen molar-refractivity contribution in [3.8, 4) is 11.5 Å². The Bertz CT molecular complexity index is 918. The molecule has 0 saturated carbocycles. The van der Waals surface area contributed by atoms with Gasteiger partial charge in [0.05, 0.1) is 26.5 Å². The van der Waals surface area contributed by atoms with E-state index in [1.807, 2.05) is 20.8 Å². The summed E-state index contributed by atoms with van der Waals surface area (Å²) in [6.07, 6.45) is 0.500. The normalized spacial score (nSPS) is 15.2. The van der Waals surface area contributed by atoms with Gasteiger partial charge in [0.2, 0.25) is 10.0 Å². The molecule has 0 radical (unpaired) electrons. The lowest BCUT2D eigenvalue weighted by molar-refractivity contribution is 0.349. The third-order valence-electron chi connectivity index (χ3n) is 4.50. The van der Waals surface area contributed by atoms with Crippen LogP contribution in [0.1, 0.15) is 42.7 Å². The van der Waals surface area contributed by atoms with Gasteiger partial charge in [0.1, 0.15) is 22.2 Å². The number of benzene rings is 1. The van der Waals surface area contributed by atoms with Gasteiger partial charge in [-0.25, -0.2) is 13.4 Å². The summed E-state index contributed by atoms with van der Waals surface area (Å²) in [5.74, 6) is 2.38. The summed E-state index contributed by atoms with van der Waals surface area (Å²) in [6.45, 7) is 6.35. The van der Waals surface area contributed by atoms with Crippen molar-refractivity contribution in [1.29, 1.82) is 0 Å². The largest absolute Gasteiger partial charge is 0.496 e. The smallest absolute Gasteiger partial charge is 0.247 e. The van der Waals surface area contributed by atoms with Gasteiger partial charge in [-0.1, -0.05) is 13.8 Å². The Kier molecular flexibility index (Phi) is 4.98. The molecule has 8 heteroatoms. The molecular weight excluding hydrogens is 356 g/mol. The van der Waals surface area contributed by atoms with Crippen LogP contribution in [-0.4, -0.2) is 38.5 Å². The van der Waals surface area contributed by atoms with E-state index < -0.39 is 10.0 Å². The summed E-state index contributed by atoms with van der Waals surface area (Å²) in [4.78, 5) is 4.57. The molecule has 142 valence electrons. The van der Waals surface area contributed by atoms with Crippen molar-refractivity contribution in [2.45, 2.75) is 44.6 Å². The van der Waals surface area contributed by atoms with E-state index in [0.717, 1.165) is 11.3 Å². The lowest BCUT2D eigenvalue weighted by Crippen LogP contribution is -2.36. The first-order valence-corrected chi connectivity index (χ1v) is 9.93. The molecular formula is C18H24N2O5S. The molecule has 26 heavy (non-hydrogen) atoms. The molecule has 1 aliphatic rings. The highest BCUT2D eigenvalue weighted by Gasteiger charge is 2.34. The van der Waals surface area contributed by atoms with E-state index in [1.165, 1.54) is 24.6 Å². The number of sulfonamides is 1. The van der Waals surface area contributed by atoms with Crippen molar-refractivity contribution in [2.75, 3.05) is 20.8 Å². The van der Waals surface area contributed by atoms with Crippen LogP contribution in [0.2, 0.25) is 0 Å². The van der Waals surface area contributed by atoms with E-state index in [-0.39, 0.29) is 17.4 Å². The first kappa shape index (κ1) is 18.7. The van der Waals surface area contributed by atoms with Crippen LogP contribution < -0.4 is 9.47 Å². The molecule has 1 aromatic carbocycles. The quantitative estimate of drug-likeness (QED) is 0.793. The third kappa shape index (κ3) is 3.19. The Morgan fingerprint density at radius 2 is 1.88 bits per heavy atom. The summed E-state index contributed by atoms with van der Waals surface area (Å²) in [7, 11) is -0.787. The van der Waals surface area contributed by atoms with Crippen LogP contribution in [0.4, 0.5) is 0 Å². The van der Waals surface area contributed by atoms with E-state index in [4.69, 9.17) is 13.9 Å². The first-order chi connectivity index (χ1) is 12.3. The number of fused-ring (bicyclic) bond motifs is 1. The average Bonchev–Trinajstić information content (AvgIpc) is 3.04. The molecule has 0 amide bonds. The summed E-state index contributed by atoms with van der Waals surface area (Å²) in [5, 5.41) is 0. The van der Waals surface area contributed by atoms with Gasteiger partial charge in [-0.15, -0.1) is 0 Å². The Labute approximate surface area is 154 Å². The number of oxazole rings is 1. The van der Waals surface area contributed by atoms with Gasteiger partial charge in [0.25, 0.3) is 0 Å². The van der Waals surface area contributed by atoms with Crippen LogP contribution in [-0.2, 0) is 23.0 Å². The van der Waals surface area contributed by atoms with E-state index in [1.54, 1.807) is 6.07 Å². The van der Waals surface area contributed by atoms with Crippen molar-refractivity contribution < 1.29 is 22.3 Å². The van der Waals surface area contributed by atoms with Crippen molar-refractivity contribution in [3.05, 3.63) is 35.0 Å². The maximum atomic E-state index is 13.2. The second-order valence-electron chi connectivity index (χ2n) is 6.64. The van der Waals surface area contributed by atoms with E-state index in [2.05, 4.69) is 4.98 Å². The molecule has 0 atom stereocenters. The summed E-state index contributed by atoms with van der Waals surface area (Å²) < 4.78 is 44.2. The third-order valence-corrected chi connectivity index (χ3v) is 6.37. The molecule has 3 rings (SSSR count). The SMILES string of the molecule is COc1cc(S(=O)(=O)N2CCc3oc(C(C)C)nc3C2)c(OC)cc1C.